The second kappa shape index (κ2) is 10.4. The normalized spacial score (nSPS) is 16.5. The Balaban J connectivity index is 1.40. The first-order valence-electron chi connectivity index (χ1n) is 12.1. The Kier molecular flexibility index (Phi) is 6.87. The van der Waals surface area contributed by atoms with Crippen LogP contribution in [0.1, 0.15) is 39.1 Å². The quantitative estimate of drug-likeness (QED) is 0.282. The molecule has 3 amide bonds. The first-order chi connectivity index (χ1) is 17.9. The van der Waals surface area contributed by atoms with Gasteiger partial charge in [0.2, 0.25) is 5.91 Å². The van der Waals surface area contributed by atoms with Crippen LogP contribution in [0.5, 0.6) is 0 Å². The number of amides is 3. The SMILES string of the molecule is CNC(=O)C1CC(NC(=O)c2cnc(Nc3ccccc3C)c(NC(=O)c3csc4ccccc34)c2)C1. The molecule has 9 heteroatoms. The van der Waals surface area contributed by atoms with E-state index in [1.807, 2.05) is 60.8 Å². The molecular formula is C28H27N5O3S. The highest BCUT2D eigenvalue weighted by Gasteiger charge is 2.35. The summed E-state index contributed by atoms with van der Waals surface area (Å²) in [5.41, 5.74) is 3.14. The van der Waals surface area contributed by atoms with E-state index < -0.39 is 0 Å². The van der Waals surface area contributed by atoms with Crippen LogP contribution in [-0.4, -0.2) is 35.8 Å². The largest absolute Gasteiger partial charge is 0.359 e. The molecule has 2 aromatic carbocycles. The van der Waals surface area contributed by atoms with Crippen LogP contribution in [0.3, 0.4) is 0 Å². The Bertz CT molecular complexity index is 1490. The number of thiophene rings is 1. The van der Waals surface area contributed by atoms with Crippen LogP contribution in [0.15, 0.2) is 66.2 Å². The van der Waals surface area contributed by atoms with Gasteiger partial charge in [-0.3, -0.25) is 14.4 Å². The molecule has 4 aromatic rings. The van der Waals surface area contributed by atoms with Gasteiger partial charge in [-0.25, -0.2) is 4.98 Å². The van der Waals surface area contributed by atoms with Gasteiger partial charge in [0.25, 0.3) is 11.8 Å². The Hall–Kier alpha value is -4.24. The van der Waals surface area contributed by atoms with Crippen LogP contribution in [0.4, 0.5) is 17.2 Å². The maximum atomic E-state index is 13.3. The van der Waals surface area contributed by atoms with Gasteiger partial charge in [-0.1, -0.05) is 36.4 Å². The number of aryl methyl sites for hydroxylation is 1. The van der Waals surface area contributed by atoms with Crippen molar-refractivity contribution in [2.45, 2.75) is 25.8 Å². The van der Waals surface area contributed by atoms with Crippen molar-refractivity contribution in [3.8, 4) is 0 Å². The van der Waals surface area contributed by atoms with Crippen LogP contribution in [-0.2, 0) is 4.79 Å². The predicted molar refractivity (Wildman–Crippen MR) is 147 cm³/mol. The van der Waals surface area contributed by atoms with E-state index in [4.69, 9.17) is 0 Å². The molecule has 0 saturated heterocycles. The highest BCUT2D eigenvalue weighted by Crippen LogP contribution is 2.31. The summed E-state index contributed by atoms with van der Waals surface area (Å²) in [5, 5.41) is 14.6. The summed E-state index contributed by atoms with van der Waals surface area (Å²) in [6.07, 6.45) is 2.68. The monoisotopic (exact) mass is 513 g/mol. The zero-order valence-electron chi connectivity index (χ0n) is 20.5. The van der Waals surface area contributed by atoms with Gasteiger partial charge in [-0.15, -0.1) is 11.3 Å². The average Bonchev–Trinajstić information content (AvgIpc) is 3.32. The van der Waals surface area contributed by atoms with Crippen LogP contribution < -0.4 is 21.3 Å². The lowest BCUT2D eigenvalue weighted by atomic mass is 9.79. The number of fused-ring (bicyclic) bond motifs is 1. The van der Waals surface area contributed by atoms with Gasteiger partial charge in [0.15, 0.2) is 5.82 Å². The Morgan fingerprint density at radius 1 is 0.973 bits per heavy atom. The van der Waals surface area contributed by atoms with Crippen molar-refractivity contribution in [2.75, 3.05) is 17.7 Å². The number of nitrogens with one attached hydrogen (secondary N) is 4. The predicted octanol–water partition coefficient (Wildman–Crippen LogP) is 4.86. The van der Waals surface area contributed by atoms with Crippen molar-refractivity contribution in [1.82, 2.24) is 15.6 Å². The highest BCUT2D eigenvalue weighted by molar-refractivity contribution is 7.17. The van der Waals surface area contributed by atoms with Crippen LogP contribution in [0.25, 0.3) is 10.1 Å². The van der Waals surface area contributed by atoms with E-state index in [9.17, 15) is 14.4 Å². The third-order valence-electron chi connectivity index (χ3n) is 6.61. The molecule has 1 fully saturated rings. The fourth-order valence-corrected chi connectivity index (χ4v) is 5.33. The molecule has 1 aliphatic carbocycles. The Morgan fingerprint density at radius 3 is 2.51 bits per heavy atom. The van der Waals surface area contributed by atoms with Gasteiger partial charge in [0, 0.05) is 46.4 Å². The molecule has 0 aliphatic heterocycles. The molecule has 188 valence electrons. The minimum absolute atomic E-state index is 0.00949. The molecule has 1 aliphatic rings. The molecule has 8 nitrogen and oxygen atoms in total. The number of benzene rings is 2. The summed E-state index contributed by atoms with van der Waals surface area (Å²) < 4.78 is 1.02. The summed E-state index contributed by atoms with van der Waals surface area (Å²) in [4.78, 5) is 42.5. The third-order valence-corrected chi connectivity index (χ3v) is 7.58. The second-order valence-corrected chi connectivity index (χ2v) is 10.0. The number of hydrogen-bond acceptors (Lipinski definition) is 6. The molecule has 2 heterocycles. The smallest absolute Gasteiger partial charge is 0.257 e. The first-order valence-corrected chi connectivity index (χ1v) is 12.9. The van der Waals surface area contributed by atoms with Gasteiger partial charge in [0.1, 0.15) is 0 Å². The number of pyridine rings is 1. The fourth-order valence-electron chi connectivity index (χ4n) is 4.39. The molecular weight excluding hydrogens is 486 g/mol. The van der Waals surface area contributed by atoms with E-state index in [1.165, 1.54) is 17.5 Å². The van der Waals surface area contributed by atoms with Gasteiger partial charge in [-0.05, 0) is 43.5 Å². The molecule has 4 N–H and O–H groups in total. The number of carbonyl (C=O) groups is 3. The standard InChI is InChI=1S/C28H27N5O3S/c1-16-7-3-5-9-22(16)32-25-23(33-28(36)21-15-37-24-10-6-4-8-20(21)24)13-18(14-30-25)27(35)31-19-11-17(12-19)26(34)29-2/h3-10,13-15,17,19H,11-12H2,1-2H3,(H,29,34)(H,30,32)(H,31,35)(H,33,36). The van der Waals surface area contributed by atoms with Crippen LogP contribution in [0.2, 0.25) is 0 Å². The number of nitrogens with zero attached hydrogens (tertiary/aromatic N) is 1. The summed E-state index contributed by atoms with van der Waals surface area (Å²) in [5.74, 6) is -0.236. The van der Waals surface area contributed by atoms with Crippen LogP contribution in [0, 0.1) is 12.8 Å². The van der Waals surface area contributed by atoms with E-state index in [1.54, 1.807) is 13.1 Å². The summed E-state index contributed by atoms with van der Waals surface area (Å²) in [6.45, 7) is 1.98. The maximum Gasteiger partial charge on any atom is 0.257 e. The van der Waals surface area contributed by atoms with E-state index >= 15 is 0 Å². The molecule has 2 aromatic heterocycles. The van der Waals surface area contributed by atoms with Gasteiger partial charge >= 0.3 is 0 Å². The highest BCUT2D eigenvalue weighted by atomic mass is 32.1. The number of carbonyl (C=O) groups excluding carboxylic acids is 3. The third kappa shape index (κ3) is 5.17. The zero-order chi connectivity index (χ0) is 25.9. The fraction of sp³-hybridized carbons (Fsp3) is 0.214. The molecule has 0 bridgehead atoms. The van der Waals surface area contributed by atoms with Crippen molar-refractivity contribution in [1.29, 1.82) is 0 Å². The Labute approximate surface area is 218 Å². The van der Waals surface area contributed by atoms with Gasteiger partial charge in [-0.2, -0.15) is 0 Å². The minimum atomic E-state index is -0.299. The number of hydrogen-bond donors (Lipinski definition) is 4. The lowest BCUT2D eigenvalue weighted by molar-refractivity contribution is -0.127. The van der Waals surface area contributed by atoms with E-state index in [2.05, 4.69) is 26.3 Å². The number of para-hydroxylation sites is 1. The summed E-state index contributed by atoms with van der Waals surface area (Å²) in [6, 6.07) is 17.1. The topological polar surface area (TPSA) is 112 Å². The molecule has 0 radical (unpaired) electrons. The van der Waals surface area contributed by atoms with Crippen molar-refractivity contribution in [3.05, 3.63) is 82.9 Å². The first kappa shape index (κ1) is 24.5. The summed E-state index contributed by atoms with van der Waals surface area (Å²) >= 11 is 1.50. The van der Waals surface area contributed by atoms with Crippen molar-refractivity contribution >= 4 is 56.3 Å². The Morgan fingerprint density at radius 2 is 1.73 bits per heavy atom. The number of aromatic nitrogens is 1. The number of rotatable bonds is 7. The van der Waals surface area contributed by atoms with Gasteiger partial charge in [0.05, 0.1) is 16.8 Å². The zero-order valence-corrected chi connectivity index (χ0v) is 21.3. The second-order valence-electron chi connectivity index (χ2n) is 9.11. The van der Waals surface area contributed by atoms with E-state index in [0.717, 1.165) is 21.3 Å². The van der Waals surface area contributed by atoms with Gasteiger partial charge < -0.3 is 21.3 Å². The lowest BCUT2D eigenvalue weighted by Gasteiger charge is -2.34. The maximum absolute atomic E-state index is 13.3. The van der Waals surface area contributed by atoms with E-state index in [0.29, 0.717) is 35.5 Å². The minimum Gasteiger partial charge on any atom is -0.359 e. The van der Waals surface area contributed by atoms with Crippen molar-refractivity contribution < 1.29 is 14.4 Å². The van der Waals surface area contributed by atoms with Crippen molar-refractivity contribution in [3.63, 3.8) is 0 Å². The van der Waals surface area contributed by atoms with Crippen LogP contribution >= 0.6 is 11.3 Å². The molecule has 5 rings (SSSR count). The average molecular weight is 514 g/mol. The molecule has 0 atom stereocenters. The molecule has 1 saturated carbocycles. The molecule has 0 spiro atoms. The molecule has 0 unspecified atom stereocenters. The number of anilines is 3. The van der Waals surface area contributed by atoms with Crippen molar-refractivity contribution in [2.24, 2.45) is 5.92 Å². The summed E-state index contributed by atoms with van der Waals surface area (Å²) in [7, 11) is 1.61. The molecule has 37 heavy (non-hydrogen) atoms. The lowest BCUT2D eigenvalue weighted by Crippen LogP contribution is -2.48. The van der Waals surface area contributed by atoms with E-state index in [-0.39, 0.29) is 29.7 Å².